The minimum Gasteiger partial charge on any atom is -0.507 e. The fraction of sp³-hybridized carbons (Fsp3) is 0.200. The number of rotatable bonds is 3. The summed E-state index contributed by atoms with van der Waals surface area (Å²) < 4.78 is 26.3. The lowest BCUT2D eigenvalue weighted by Crippen LogP contribution is -2.27. The molecule has 5 heteroatoms. The maximum Gasteiger partial charge on any atom is 0.267 e. The highest BCUT2D eigenvalue weighted by atomic mass is 32.2. The molecule has 0 aliphatic rings. The second-order valence-corrected chi connectivity index (χ2v) is 6.67. The number of phenolic OH excluding ortho intramolecular Hbond substituents is 1. The first kappa shape index (κ1) is 14.4. The fourth-order valence-electron chi connectivity index (χ4n) is 2.11. The van der Waals surface area contributed by atoms with E-state index in [-0.39, 0.29) is 10.6 Å². The molecule has 2 rings (SSSR count). The number of benzene rings is 2. The van der Waals surface area contributed by atoms with Crippen LogP contribution < -0.4 is 4.31 Å². The van der Waals surface area contributed by atoms with Crippen LogP contribution in [0.15, 0.2) is 47.4 Å². The van der Waals surface area contributed by atoms with Gasteiger partial charge in [0.25, 0.3) is 10.0 Å². The molecule has 0 spiro atoms. The molecule has 0 aliphatic carbocycles. The lowest BCUT2D eigenvalue weighted by Gasteiger charge is -2.22. The van der Waals surface area contributed by atoms with Crippen LogP contribution in [0.4, 0.5) is 5.69 Å². The Kier molecular flexibility index (Phi) is 3.72. The smallest absolute Gasteiger partial charge is 0.267 e. The molecule has 0 atom stereocenters. The van der Waals surface area contributed by atoms with Crippen molar-refractivity contribution in [3.05, 3.63) is 53.6 Å². The highest BCUT2D eigenvalue weighted by Gasteiger charge is 2.25. The maximum absolute atomic E-state index is 12.6. The van der Waals surface area contributed by atoms with Gasteiger partial charge in [-0.2, -0.15) is 0 Å². The van der Waals surface area contributed by atoms with Crippen LogP contribution in [0.25, 0.3) is 0 Å². The first-order chi connectivity index (χ1) is 9.34. The van der Waals surface area contributed by atoms with Crippen LogP contribution in [-0.4, -0.2) is 20.6 Å². The van der Waals surface area contributed by atoms with Crippen molar-refractivity contribution in [1.82, 2.24) is 0 Å². The monoisotopic (exact) mass is 291 g/mol. The number of sulfonamides is 1. The summed E-state index contributed by atoms with van der Waals surface area (Å²) in [6, 6.07) is 11.5. The number of phenols is 1. The van der Waals surface area contributed by atoms with Gasteiger partial charge < -0.3 is 5.11 Å². The van der Waals surface area contributed by atoms with Crippen molar-refractivity contribution in [3.8, 4) is 5.75 Å². The Morgan fingerprint density at radius 2 is 1.70 bits per heavy atom. The van der Waals surface area contributed by atoms with E-state index in [0.717, 1.165) is 11.1 Å². The third-order valence-corrected chi connectivity index (χ3v) is 5.01. The van der Waals surface area contributed by atoms with Crippen LogP contribution in [0.5, 0.6) is 5.75 Å². The van der Waals surface area contributed by atoms with Crippen molar-refractivity contribution in [2.45, 2.75) is 18.7 Å². The zero-order chi connectivity index (χ0) is 14.9. The minimum absolute atomic E-state index is 0.0949. The molecule has 0 amide bonds. The molecular weight excluding hydrogens is 274 g/mol. The molecule has 0 bridgehead atoms. The first-order valence-electron chi connectivity index (χ1n) is 6.18. The summed E-state index contributed by atoms with van der Waals surface area (Å²) >= 11 is 0. The summed E-state index contributed by atoms with van der Waals surface area (Å²) in [6.45, 7) is 3.81. The summed E-state index contributed by atoms with van der Waals surface area (Å²) in [5.74, 6) is -0.246. The second kappa shape index (κ2) is 5.17. The van der Waals surface area contributed by atoms with Gasteiger partial charge in [-0.1, -0.05) is 29.8 Å². The molecule has 0 aliphatic heterocycles. The highest BCUT2D eigenvalue weighted by molar-refractivity contribution is 7.92. The van der Waals surface area contributed by atoms with Crippen LogP contribution in [0.1, 0.15) is 11.1 Å². The molecule has 2 aromatic rings. The molecule has 1 N–H and O–H groups in total. The van der Waals surface area contributed by atoms with Crippen molar-refractivity contribution in [3.63, 3.8) is 0 Å². The largest absolute Gasteiger partial charge is 0.507 e. The van der Waals surface area contributed by atoms with Crippen LogP contribution >= 0.6 is 0 Å². The van der Waals surface area contributed by atoms with Crippen molar-refractivity contribution in [2.24, 2.45) is 0 Å². The average Bonchev–Trinajstić information content (AvgIpc) is 2.38. The van der Waals surface area contributed by atoms with Gasteiger partial charge in [0.05, 0.1) is 5.69 Å². The van der Waals surface area contributed by atoms with E-state index in [9.17, 15) is 13.5 Å². The molecule has 2 aromatic carbocycles. The van der Waals surface area contributed by atoms with E-state index in [0.29, 0.717) is 5.69 Å². The van der Waals surface area contributed by atoms with E-state index in [1.165, 1.54) is 23.5 Å². The molecule has 0 unspecified atom stereocenters. The molecule has 0 aromatic heterocycles. The Labute approximate surface area is 119 Å². The van der Waals surface area contributed by atoms with E-state index in [1.54, 1.807) is 18.2 Å². The summed E-state index contributed by atoms with van der Waals surface area (Å²) in [5, 5.41) is 9.75. The summed E-state index contributed by atoms with van der Waals surface area (Å²) in [7, 11) is -2.29. The lowest BCUT2D eigenvalue weighted by molar-refractivity contribution is 0.458. The number of nitrogens with zero attached hydrogens (tertiary/aromatic N) is 1. The highest BCUT2D eigenvalue weighted by Crippen LogP contribution is 2.29. The van der Waals surface area contributed by atoms with Crippen molar-refractivity contribution in [1.29, 1.82) is 0 Å². The van der Waals surface area contributed by atoms with E-state index in [2.05, 4.69) is 0 Å². The summed E-state index contributed by atoms with van der Waals surface area (Å²) in [4.78, 5) is -0.0949. The first-order valence-corrected chi connectivity index (χ1v) is 7.62. The Morgan fingerprint density at radius 1 is 1.05 bits per heavy atom. The fourth-order valence-corrected chi connectivity index (χ4v) is 3.45. The van der Waals surface area contributed by atoms with Gasteiger partial charge in [0, 0.05) is 7.05 Å². The topological polar surface area (TPSA) is 57.6 Å². The average molecular weight is 291 g/mol. The van der Waals surface area contributed by atoms with Crippen LogP contribution in [-0.2, 0) is 10.0 Å². The predicted octanol–water partition coefficient (Wildman–Crippen LogP) is 2.83. The van der Waals surface area contributed by atoms with E-state index >= 15 is 0 Å². The molecule has 106 valence electrons. The predicted molar refractivity (Wildman–Crippen MR) is 79.6 cm³/mol. The van der Waals surface area contributed by atoms with Gasteiger partial charge in [-0.3, -0.25) is 4.31 Å². The molecule has 0 saturated carbocycles. The Hall–Kier alpha value is -2.01. The Morgan fingerprint density at radius 3 is 2.30 bits per heavy atom. The van der Waals surface area contributed by atoms with Gasteiger partial charge in [-0.15, -0.1) is 0 Å². The number of para-hydroxylation sites is 1. The maximum atomic E-state index is 12.6. The van der Waals surface area contributed by atoms with E-state index in [4.69, 9.17) is 0 Å². The molecule has 0 radical (unpaired) electrons. The summed E-state index contributed by atoms with van der Waals surface area (Å²) in [5.41, 5.74) is 2.53. The van der Waals surface area contributed by atoms with Gasteiger partial charge in [0.1, 0.15) is 10.6 Å². The van der Waals surface area contributed by atoms with Crippen LogP contribution in [0, 0.1) is 13.8 Å². The van der Waals surface area contributed by atoms with Crippen molar-refractivity contribution in [2.75, 3.05) is 11.4 Å². The second-order valence-electron chi connectivity index (χ2n) is 4.73. The molecule has 0 fully saturated rings. The standard InChI is InChI=1S/C15H17NO3S/c1-11-8-9-13(12(2)10-11)16(3)20(18,19)15-7-5-4-6-14(15)17/h4-10,17H,1-3H3. The molecule has 0 saturated heterocycles. The molecule has 0 heterocycles. The van der Waals surface area contributed by atoms with Gasteiger partial charge in [-0.25, -0.2) is 8.42 Å². The summed E-state index contributed by atoms with van der Waals surface area (Å²) in [6.07, 6.45) is 0. The van der Waals surface area contributed by atoms with Crippen molar-refractivity contribution < 1.29 is 13.5 Å². The lowest BCUT2D eigenvalue weighted by atomic mass is 10.1. The number of hydrogen-bond donors (Lipinski definition) is 1. The number of hydrogen-bond acceptors (Lipinski definition) is 3. The number of anilines is 1. The van der Waals surface area contributed by atoms with Crippen molar-refractivity contribution >= 4 is 15.7 Å². The van der Waals surface area contributed by atoms with Gasteiger partial charge in [0.15, 0.2) is 0 Å². The number of aromatic hydroxyl groups is 1. The number of aryl methyl sites for hydroxylation is 2. The third kappa shape index (κ3) is 2.49. The quantitative estimate of drug-likeness (QED) is 0.946. The molecule has 4 nitrogen and oxygen atoms in total. The zero-order valence-corrected chi connectivity index (χ0v) is 12.5. The minimum atomic E-state index is -3.77. The SMILES string of the molecule is Cc1ccc(N(C)S(=O)(=O)c2ccccc2O)c(C)c1. The van der Waals surface area contributed by atoms with Gasteiger partial charge in [0.2, 0.25) is 0 Å². The third-order valence-electron chi connectivity index (χ3n) is 3.20. The molecular formula is C15H17NO3S. The zero-order valence-electron chi connectivity index (χ0n) is 11.7. The van der Waals surface area contributed by atoms with E-state index < -0.39 is 10.0 Å². The van der Waals surface area contributed by atoms with Gasteiger partial charge in [-0.05, 0) is 37.6 Å². The van der Waals surface area contributed by atoms with Crippen LogP contribution in [0.2, 0.25) is 0 Å². The Bertz CT molecular complexity index is 739. The normalized spacial score (nSPS) is 11.3. The van der Waals surface area contributed by atoms with Crippen LogP contribution in [0.3, 0.4) is 0 Å². The molecule has 20 heavy (non-hydrogen) atoms. The van der Waals surface area contributed by atoms with Gasteiger partial charge >= 0.3 is 0 Å². The Balaban J connectivity index is 2.52. The van der Waals surface area contributed by atoms with E-state index in [1.807, 2.05) is 26.0 Å².